The fourth-order valence-corrected chi connectivity index (χ4v) is 4.25. The standard InChI is InChI=1S/C26H28ClN3O3/c1-4-16(2)22(31)14-20-21(27)11-8-12-23(20)33-15-19-13-24(32)30-26(17(19)3)28-25(29-30)18-9-6-5-7-10-18/h5-9,11-12,16,18-19H,3-4,10,13-15H2,1-2H3. The van der Waals surface area contributed by atoms with Gasteiger partial charge in [-0.15, -0.1) is 5.10 Å². The van der Waals surface area contributed by atoms with Gasteiger partial charge in [-0.1, -0.05) is 62.4 Å². The normalized spacial score (nSPS) is 20.6. The molecule has 0 N–H and O–H groups in total. The highest BCUT2D eigenvalue weighted by Gasteiger charge is 2.33. The minimum absolute atomic E-state index is 0.0417. The summed E-state index contributed by atoms with van der Waals surface area (Å²) in [6.07, 6.45) is 10.1. The maximum Gasteiger partial charge on any atom is 0.249 e. The smallest absolute Gasteiger partial charge is 0.249 e. The van der Waals surface area contributed by atoms with Crippen molar-refractivity contribution in [1.82, 2.24) is 14.8 Å². The van der Waals surface area contributed by atoms with E-state index in [1.165, 1.54) is 4.68 Å². The molecule has 1 aliphatic carbocycles. The van der Waals surface area contributed by atoms with E-state index < -0.39 is 0 Å². The van der Waals surface area contributed by atoms with Crippen molar-refractivity contribution in [2.24, 2.45) is 11.8 Å². The summed E-state index contributed by atoms with van der Waals surface area (Å²) in [5.74, 6) is 1.46. The number of carbonyl (C=O) groups excluding carboxylic acids is 2. The first-order valence-corrected chi connectivity index (χ1v) is 11.7. The summed E-state index contributed by atoms with van der Waals surface area (Å²) in [5.41, 5.74) is 1.41. The molecule has 0 spiro atoms. The number of hydrogen-bond donors (Lipinski definition) is 0. The van der Waals surface area contributed by atoms with Crippen molar-refractivity contribution in [3.05, 3.63) is 71.3 Å². The number of fused-ring (bicyclic) bond motifs is 1. The fourth-order valence-electron chi connectivity index (χ4n) is 4.01. The molecule has 33 heavy (non-hydrogen) atoms. The Bertz CT molecular complexity index is 1150. The minimum atomic E-state index is -0.235. The lowest BCUT2D eigenvalue weighted by Gasteiger charge is -2.24. The second kappa shape index (κ2) is 9.87. The highest BCUT2D eigenvalue weighted by atomic mass is 35.5. The molecule has 1 aromatic carbocycles. The van der Waals surface area contributed by atoms with E-state index in [0.717, 1.165) is 18.4 Å². The zero-order valence-corrected chi connectivity index (χ0v) is 19.7. The van der Waals surface area contributed by atoms with Gasteiger partial charge in [0, 0.05) is 41.2 Å². The van der Waals surface area contributed by atoms with Crippen LogP contribution in [0.3, 0.4) is 0 Å². The summed E-state index contributed by atoms with van der Waals surface area (Å²) < 4.78 is 7.47. The molecule has 0 saturated carbocycles. The number of allylic oxidation sites excluding steroid dienone is 4. The number of ketones is 1. The molecule has 3 unspecified atom stereocenters. The van der Waals surface area contributed by atoms with E-state index in [9.17, 15) is 9.59 Å². The largest absolute Gasteiger partial charge is 0.493 e. The number of Topliss-reactive ketones (excluding diaryl/α,β-unsaturated/α-hetero) is 1. The summed E-state index contributed by atoms with van der Waals surface area (Å²) >= 11 is 6.40. The molecule has 172 valence electrons. The molecule has 0 amide bonds. The molecule has 1 aromatic heterocycles. The molecule has 2 heterocycles. The van der Waals surface area contributed by atoms with Gasteiger partial charge in [0.2, 0.25) is 5.91 Å². The molecule has 6 nitrogen and oxygen atoms in total. The number of nitrogens with zero attached hydrogens (tertiary/aromatic N) is 3. The van der Waals surface area contributed by atoms with Crippen molar-refractivity contribution in [1.29, 1.82) is 0 Å². The predicted molar refractivity (Wildman–Crippen MR) is 129 cm³/mol. The van der Waals surface area contributed by atoms with Crippen LogP contribution in [-0.2, 0) is 11.2 Å². The summed E-state index contributed by atoms with van der Waals surface area (Å²) in [7, 11) is 0. The summed E-state index contributed by atoms with van der Waals surface area (Å²) in [4.78, 5) is 29.9. The summed E-state index contributed by atoms with van der Waals surface area (Å²) in [5, 5.41) is 4.96. The van der Waals surface area contributed by atoms with E-state index in [0.29, 0.717) is 28.0 Å². The molecule has 0 radical (unpaired) electrons. The van der Waals surface area contributed by atoms with Gasteiger partial charge in [0.1, 0.15) is 11.5 Å². The van der Waals surface area contributed by atoms with Crippen LogP contribution in [-0.4, -0.2) is 33.1 Å². The Morgan fingerprint density at radius 3 is 2.91 bits per heavy atom. The average Bonchev–Trinajstić information content (AvgIpc) is 3.29. The minimum Gasteiger partial charge on any atom is -0.493 e. The van der Waals surface area contributed by atoms with Crippen molar-refractivity contribution in [2.45, 2.75) is 45.4 Å². The number of benzene rings is 1. The highest BCUT2D eigenvalue weighted by molar-refractivity contribution is 6.31. The molecule has 7 heteroatoms. The van der Waals surface area contributed by atoms with Crippen LogP contribution in [0.2, 0.25) is 5.02 Å². The van der Waals surface area contributed by atoms with Crippen molar-refractivity contribution < 1.29 is 14.3 Å². The van der Waals surface area contributed by atoms with Gasteiger partial charge in [-0.05, 0) is 30.5 Å². The molecule has 2 aliphatic rings. The van der Waals surface area contributed by atoms with E-state index in [2.05, 4.69) is 22.7 Å². The van der Waals surface area contributed by atoms with Gasteiger partial charge in [-0.3, -0.25) is 9.59 Å². The number of halogens is 1. The molecule has 0 bridgehead atoms. The first-order chi connectivity index (χ1) is 15.9. The Labute approximate surface area is 199 Å². The monoisotopic (exact) mass is 465 g/mol. The summed E-state index contributed by atoms with van der Waals surface area (Å²) in [6, 6.07) is 5.36. The molecule has 1 aliphatic heterocycles. The average molecular weight is 466 g/mol. The first-order valence-electron chi connectivity index (χ1n) is 11.3. The van der Waals surface area contributed by atoms with Gasteiger partial charge in [0.25, 0.3) is 0 Å². The van der Waals surface area contributed by atoms with Gasteiger partial charge in [0.05, 0.1) is 6.61 Å². The zero-order valence-electron chi connectivity index (χ0n) is 19.0. The van der Waals surface area contributed by atoms with Crippen LogP contribution in [0.1, 0.15) is 61.0 Å². The lowest BCUT2D eigenvalue weighted by molar-refractivity contribution is -0.121. The lowest BCUT2D eigenvalue weighted by atomic mass is 9.93. The fraction of sp³-hybridized carbons (Fsp3) is 0.385. The second-order valence-electron chi connectivity index (χ2n) is 8.66. The van der Waals surface area contributed by atoms with E-state index in [4.69, 9.17) is 16.3 Å². The maximum atomic E-state index is 12.8. The van der Waals surface area contributed by atoms with E-state index in [1.54, 1.807) is 12.1 Å². The molecule has 3 atom stereocenters. The maximum absolute atomic E-state index is 12.8. The van der Waals surface area contributed by atoms with Crippen molar-refractivity contribution in [3.63, 3.8) is 0 Å². The Morgan fingerprint density at radius 1 is 1.36 bits per heavy atom. The van der Waals surface area contributed by atoms with Gasteiger partial charge < -0.3 is 4.74 Å². The second-order valence-corrected chi connectivity index (χ2v) is 9.07. The third-order valence-electron chi connectivity index (χ3n) is 6.40. The van der Waals surface area contributed by atoms with Gasteiger partial charge in [0.15, 0.2) is 11.6 Å². The van der Waals surface area contributed by atoms with Gasteiger partial charge >= 0.3 is 0 Å². The molecular formula is C26H28ClN3O3. The predicted octanol–water partition coefficient (Wildman–Crippen LogP) is 5.44. The van der Waals surface area contributed by atoms with Gasteiger partial charge in [-0.25, -0.2) is 4.98 Å². The first kappa shape index (κ1) is 23.2. The van der Waals surface area contributed by atoms with Crippen LogP contribution in [0.5, 0.6) is 5.75 Å². The quantitative estimate of drug-likeness (QED) is 0.518. The van der Waals surface area contributed by atoms with Crippen LogP contribution >= 0.6 is 11.6 Å². The van der Waals surface area contributed by atoms with E-state index in [1.807, 2.05) is 38.1 Å². The lowest BCUT2D eigenvalue weighted by Crippen LogP contribution is -2.29. The SMILES string of the molecule is C=C1c2nc(C3C=CC=CC3)nn2C(=O)CC1COc1cccc(Cl)c1CC(=O)C(C)CC. The third-order valence-corrected chi connectivity index (χ3v) is 6.76. The van der Waals surface area contributed by atoms with Crippen molar-refractivity contribution >= 4 is 28.9 Å². The molecule has 0 saturated heterocycles. The van der Waals surface area contributed by atoms with E-state index >= 15 is 0 Å². The van der Waals surface area contributed by atoms with Crippen LogP contribution in [0.4, 0.5) is 0 Å². The summed E-state index contributed by atoms with van der Waals surface area (Å²) in [6.45, 7) is 8.34. The number of carbonyl (C=O) groups is 2. The Balaban J connectivity index is 1.50. The van der Waals surface area contributed by atoms with Gasteiger partial charge in [-0.2, -0.15) is 4.68 Å². The van der Waals surface area contributed by atoms with E-state index in [-0.39, 0.29) is 48.9 Å². The topological polar surface area (TPSA) is 74.1 Å². The number of ether oxygens (including phenoxy) is 1. The van der Waals surface area contributed by atoms with Crippen LogP contribution in [0.25, 0.3) is 5.57 Å². The van der Waals surface area contributed by atoms with Crippen LogP contribution < -0.4 is 4.74 Å². The Morgan fingerprint density at radius 2 is 2.18 bits per heavy atom. The molecule has 0 fully saturated rings. The van der Waals surface area contributed by atoms with Crippen molar-refractivity contribution in [2.75, 3.05) is 6.61 Å². The third kappa shape index (κ3) is 4.86. The molecule has 2 aromatic rings. The number of aromatic nitrogens is 3. The number of rotatable bonds is 8. The van der Waals surface area contributed by atoms with Crippen LogP contribution in [0.15, 0.2) is 49.1 Å². The zero-order chi connectivity index (χ0) is 23.5. The Hall–Kier alpha value is -2.99. The number of hydrogen-bond acceptors (Lipinski definition) is 5. The van der Waals surface area contributed by atoms with Crippen molar-refractivity contribution in [3.8, 4) is 5.75 Å². The Kier molecular flexibility index (Phi) is 6.94. The van der Waals surface area contributed by atoms with Crippen LogP contribution in [0, 0.1) is 11.8 Å². The highest BCUT2D eigenvalue weighted by Crippen LogP contribution is 2.34. The molecule has 4 rings (SSSR count). The molecular weight excluding hydrogens is 438 g/mol.